The maximum absolute atomic E-state index is 4.29. The SMILES string of the molecule is [CH2][C@H]1CCC=C2C=C[C@H](C)[C@H](C)C21. The first-order valence-corrected chi connectivity index (χ1v) is 5.41. The maximum Gasteiger partial charge on any atom is -0.0106 e. The standard InChI is InChI=1S/C13H19/c1-9-7-8-12-6-4-5-10(2)13(12)11(9)3/h6-11,13H,2,4-5H2,1,3H3/t9-,10-,11-,13?/m0/s1. The first-order chi connectivity index (χ1) is 6.20. The van der Waals surface area contributed by atoms with Crippen molar-refractivity contribution in [2.75, 3.05) is 0 Å². The van der Waals surface area contributed by atoms with Gasteiger partial charge in [0.25, 0.3) is 0 Å². The van der Waals surface area contributed by atoms with E-state index in [4.69, 9.17) is 0 Å². The Kier molecular flexibility index (Phi) is 2.31. The summed E-state index contributed by atoms with van der Waals surface area (Å²) in [4.78, 5) is 0. The van der Waals surface area contributed by atoms with Crippen molar-refractivity contribution in [3.8, 4) is 0 Å². The Bertz CT molecular complexity index is 247. The summed E-state index contributed by atoms with van der Waals surface area (Å²) in [5.41, 5.74) is 1.55. The van der Waals surface area contributed by atoms with Crippen LogP contribution in [0.15, 0.2) is 23.8 Å². The minimum absolute atomic E-state index is 0.641. The van der Waals surface area contributed by atoms with Crippen molar-refractivity contribution >= 4 is 0 Å². The summed E-state index contributed by atoms with van der Waals surface area (Å²) < 4.78 is 0. The van der Waals surface area contributed by atoms with Gasteiger partial charge in [-0.15, -0.1) is 0 Å². The molecule has 0 bridgehead atoms. The fraction of sp³-hybridized carbons (Fsp3) is 0.615. The van der Waals surface area contributed by atoms with E-state index in [0.29, 0.717) is 5.92 Å². The van der Waals surface area contributed by atoms with Crippen LogP contribution in [0.1, 0.15) is 26.7 Å². The summed E-state index contributed by atoms with van der Waals surface area (Å²) in [5.74, 6) is 2.87. The van der Waals surface area contributed by atoms with Crippen LogP contribution in [-0.4, -0.2) is 0 Å². The molecule has 1 unspecified atom stereocenters. The maximum atomic E-state index is 4.29. The second-order valence-electron chi connectivity index (χ2n) is 4.64. The third kappa shape index (κ3) is 1.47. The third-order valence-electron chi connectivity index (χ3n) is 3.80. The summed E-state index contributed by atoms with van der Waals surface area (Å²) in [6.07, 6.45) is 9.59. The minimum Gasteiger partial charge on any atom is -0.0811 e. The number of allylic oxidation sites excluding steroid dienone is 4. The minimum atomic E-state index is 0.641. The molecule has 0 fully saturated rings. The molecule has 0 aromatic heterocycles. The van der Waals surface area contributed by atoms with Crippen LogP contribution in [-0.2, 0) is 0 Å². The Balaban J connectivity index is 2.31. The molecule has 0 heteroatoms. The molecule has 0 aromatic rings. The number of fused-ring (bicyclic) bond motifs is 1. The molecule has 2 rings (SSSR count). The fourth-order valence-corrected chi connectivity index (χ4v) is 2.73. The number of hydrogen-bond acceptors (Lipinski definition) is 0. The van der Waals surface area contributed by atoms with Gasteiger partial charge >= 0.3 is 0 Å². The zero-order valence-corrected chi connectivity index (χ0v) is 8.66. The van der Waals surface area contributed by atoms with Gasteiger partial charge in [0.1, 0.15) is 0 Å². The molecule has 0 amide bonds. The Labute approximate surface area is 81.7 Å². The second-order valence-corrected chi connectivity index (χ2v) is 4.64. The van der Waals surface area contributed by atoms with Crippen LogP contribution in [0, 0.1) is 30.6 Å². The van der Waals surface area contributed by atoms with E-state index >= 15 is 0 Å². The van der Waals surface area contributed by atoms with Crippen LogP contribution in [0.3, 0.4) is 0 Å². The molecule has 0 nitrogen and oxygen atoms in total. The molecule has 71 valence electrons. The fourth-order valence-electron chi connectivity index (χ4n) is 2.73. The summed E-state index contributed by atoms with van der Waals surface area (Å²) in [6, 6.07) is 0. The molecule has 1 radical (unpaired) electrons. The van der Waals surface area contributed by atoms with E-state index < -0.39 is 0 Å². The van der Waals surface area contributed by atoms with Crippen molar-refractivity contribution < 1.29 is 0 Å². The molecule has 4 atom stereocenters. The Morgan fingerprint density at radius 2 is 2.15 bits per heavy atom. The van der Waals surface area contributed by atoms with Gasteiger partial charge < -0.3 is 0 Å². The first kappa shape index (κ1) is 9.05. The van der Waals surface area contributed by atoms with Crippen LogP contribution in [0.25, 0.3) is 0 Å². The van der Waals surface area contributed by atoms with Crippen LogP contribution >= 0.6 is 0 Å². The Morgan fingerprint density at radius 1 is 1.38 bits per heavy atom. The molecular formula is C13H19. The highest BCUT2D eigenvalue weighted by Crippen LogP contribution is 2.42. The van der Waals surface area contributed by atoms with E-state index in [9.17, 15) is 0 Å². The highest BCUT2D eigenvalue weighted by atomic mass is 14.4. The van der Waals surface area contributed by atoms with E-state index in [1.807, 2.05) is 0 Å². The van der Waals surface area contributed by atoms with Crippen molar-refractivity contribution in [3.05, 3.63) is 30.7 Å². The Morgan fingerprint density at radius 3 is 2.92 bits per heavy atom. The van der Waals surface area contributed by atoms with Gasteiger partial charge in [0.15, 0.2) is 0 Å². The lowest BCUT2D eigenvalue weighted by molar-refractivity contribution is 0.249. The van der Waals surface area contributed by atoms with E-state index in [0.717, 1.165) is 17.8 Å². The lowest BCUT2D eigenvalue weighted by Crippen LogP contribution is -2.30. The predicted octanol–water partition coefficient (Wildman–Crippen LogP) is 3.62. The highest BCUT2D eigenvalue weighted by molar-refractivity contribution is 5.29. The molecule has 0 aromatic carbocycles. The van der Waals surface area contributed by atoms with E-state index in [2.05, 4.69) is 39.0 Å². The molecule has 0 aliphatic heterocycles. The van der Waals surface area contributed by atoms with Crippen LogP contribution in [0.5, 0.6) is 0 Å². The summed E-state index contributed by atoms with van der Waals surface area (Å²) in [6.45, 7) is 8.98. The van der Waals surface area contributed by atoms with Gasteiger partial charge in [0.05, 0.1) is 0 Å². The van der Waals surface area contributed by atoms with Gasteiger partial charge in [-0.1, -0.05) is 32.1 Å². The van der Waals surface area contributed by atoms with Gasteiger partial charge in [-0.25, -0.2) is 0 Å². The normalized spacial score (nSPS) is 44.1. The van der Waals surface area contributed by atoms with Gasteiger partial charge in [-0.3, -0.25) is 0 Å². The van der Waals surface area contributed by atoms with Crippen LogP contribution < -0.4 is 0 Å². The van der Waals surface area contributed by atoms with Crippen molar-refractivity contribution in [1.29, 1.82) is 0 Å². The zero-order valence-electron chi connectivity index (χ0n) is 8.66. The van der Waals surface area contributed by atoms with Crippen molar-refractivity contribution in [3.63, 3.8) is 0 Å². The average molecular weight is 175 g/mol. The van der Waals surface area contributed by atoms with E-state index in [-0.39, 0.29) is 0 Å². The number of hydrogen-bond donors (Lipinski definition) is 0. The smallest absolute Gasteiger partial charge is 0.0106 e. The molecule has 2 aliphatic carbocycles. The molecule has 0 saturated heterocycles. The van der Waals surface area contributed by atoms with E-state index in [1.54, 1.807) is 5.57 Å². The summed E-state index contributed by atoms with van der Waals surface area (Å²) >= 11 is 0. The molecule has 0 spiro atoms. The summed E-state index contributed by atoms with van der Waals surface area (Å²) in [5, 5.41) is 0. The van der Waals surface area contributed by atoms with Crippen molar-refractivity contribution in [2.45, 2.75) is 26.7 Å². The lowest BCUT2D eigenvalue weighted by Gasteiger charge is -2.39. The summed E-state index contributed by atoms with van der Waals surface area (Å²) in [7, 11) is 0. The van der Waals surface area contributed by atoms with Gasteiger partial charge in [-0.2, -0.15) is 0 Å². The van der Waals surface area contributed by atoms with Crippen molar-refractivity contribution in [1.82, 2.24) is 0 Å². The number of rotatable bonds is 0. The van der Waals surface area contributed by atoms with Crippen LogP contribution in [0.2, 0.25) is 0 Å². The Hall–Kier alpha value is -0.520. The molecule has 0 heterocycles. The monoisotopic (exact) mass is 175 g/mol. The molecule has 13 heavy (non-hydrogen) atoms. The van der Waals surface area contributed by atoms with E-state index in [1.165, 1.54) is 12.8 Å². The van der Waals surface area contributed by atoms with Gasteiger partial charge in [-0.05, 0) is 49.0 Å². The lowest BCUT2D eigenvalue weighted by atomic mass is 9.66. The third-order valence-corrected chi connectivity index (χ3v) is 3.80. The molecular weight excluding hydrogens is 156 g/mol. The molecule has 0 N–H and O–H groups in total. The average Bonchev–Trinajstić information content (AvgIpc) is 2.12. The molecule has 0 saturated carbocycles. The van der Waals surface area contributed by atoms with Gasteiger partial charge in [0, 0.05) is 0 Å². The first-order valence-electron chi connectivity index (χ1n) is 5.41. The molecule has 2 aliphatic rings. The van der Waals surface area contributed by atoms with Crippen molar-refractivity contribution in [2.24, 2.45) is 23.7 Å². The second kappa shape index (κ2) is 3.32. The largest absolute Gasteiger partial charge is 0.0811 e. The predicted molar refractivity (Wildman–Crippen MR) is 57.1 cm³/mol. The quantitative estimate of drug-likeness (QED) is 0.527. The van der Waals surface area contributed by atoms with Crippen LogP contribution in [0.4, 0.5) is 0 Å². The highest BCUT2D eigenvalue weighted by Gasteiger charge is 2.32. The van der Waals surface area contributed by atoms with Gasteiger partial charge in [0.2, 0.25) is 0 Å². The topological polar surface area (TPSA) is 0 Å². The zero-order chi connectivity index (χ0) is 9.42.